The molecule has 0 bridgehead atoms. The molecule has 0 spiro atoms. The number of benzene rings is 3. The SMILES string of the molecule is [CH2]c1cccc2ccc3c4c(ccc3c12)CCCC4. The first kappa shape index (κ1) is 11.0. The number of aryl methyl sites for hydroxylation is 2. The molecule has 0 unspecified atom stereocenters. The maximum atomic E-state index is 4.21. The van der Waals surface area contributed by atoms with Gasteiger partial charge in [-0.15, -0.1) is 0 Å². The molecule has 0 aromatic heterocycles. The van der Waals surface area contributed by atoms with Crippen molar-refractivity contribution in [3.8, 4) is 0 Å². The summed E-state index contributed by atoms with van der Waals surface area (Å²) < 4.78 is 0. The number of fused-ring (bicyclic) bond motifs is 5. The van der Waals surface area contributed by atoms with Crippen molar-refractivity contribution in [3.05, 3.63) is 66.1 Å². The summed E-state index contributed by atoms with van der Waals surface area (Å²) in [6.07, 6.45) is 5.15. The van der Waals surface area contributed by atoms with E-state index in [-0.39, 0.29) is 0 Å². The van der Waals surface area contributed by atoms with Gasteiger partial charge in [0.15, 0.2) is 0 Å². The maximum Gasteiger partial charge on any atom is -0.00731 e. The lowest BCUT2D eigenvalue weighted by atomic mass is 9.86. The lowest BCUT2D eigenvalue weighted by molar-refractivity contribution is 0.690. The Morgan fingerprint density at radius 3 is 2.58 bits per heavy atom. The number of rotatable bonds is 0. The number of hydrogen-bond donors (Lipinski definition) is 0. The Morgan fingerprint density at radius 1 is 0.789 bits per heavy atom. The van der Waals surface area contributed by atoms with Crippen molar-refractivity contribution < 1.29 is 0 Å². The fourth-order valence-electron chi connectivity index (χ4n) is 3.53. The molecule has 0 saturated heterocycles. The van der Waals surface area contributed by atoms with Crippen molar-refractivity contribution in [1.82, 2.24) is 0 Å². The third-order valence-electron chi connectivity index (χ3n) is 4.46. The van der Waals surface area contributed by atoms with Gasteiger partial charge in [0.1, 0.15) is 0 Å². The monoisotopic (exact) mass is 245 g/mol. The van der Waals surface area contributed by atoms with Crippen LogP contribution in [0.5, 0.6) is 0 Å². The minimum atomic E-state index is 1.14. The van der Waals surface area contributed by atoms with Crippen LogP contribution in [0, 0.1) is 6.92 Å². The van der Waals surface area contributed by atoms with E-state index in [1.807, 2.05) is 0 Å². The smallest absolute Gasteiger partial charge is 0.00731 e. The second-order valence-electron chi connectivity index (χ2n) is 5.59. The van der Waals surface area contributed by atoms with Gasteiger partial charge in [-0.05, 0) is 70.8 Å². The van der Waals surface area contributed by atoms with E-state index in [4.69, 9.17) is 0 Å². The van der Waals surface area contributed by atoms with Gasteiger partial charge < -0.3 is 0 Å². The van der Waals surface area contributed by atoms with Crippen molar-refractivity contribution in [2.45, 2.75) is 25.7 Å². The molecule has 0 atom stereocenters. The van der Waals surface area contributed by atoms with E-state index in [0.29, 0.717) is 0 Å². The van der Waals surface area contributed by atoms with Crippen LogP contribution in [0.4, 0.5) is 0 Å². The predicted molar refractivity (Wildman–Crippen MR) is 82.6 cm³/mol. The number of hydrogen-bond acceptors (Lipinski definition) is 0. The zero-order valence-corrected chi connectivity index (χ0v) is 11.1. The molecule has 1 aliphatic rings. The normalized spacial score (nSPS) is 14.8. The first-order valence-corrected chi connectivity index (χ1v) is 7.13. The van der Waals surface area contributed by atoms with Gasteiger partial charge in [0.05, 0.1) is 0 Å². The summed E-state index contributed by atoms with van der Waals surface area (Å²) in [5, 5.41) is 5.45. The summed E-state index contributed by atoms with van der Waals surface area (Å²) in [5.41, 5.74) is 4.27. The molecule has 0 N–H and O–H groups in total. The zero-order valence-electron chi connectivity index (χ0n) is 11.1. The third-order valence-corrected chi connectivity index (χ3v) is 4.46. The molecule has 3 aromatic carbocycles. The molecule has 0 nitrogen and oxygen atoms in total. The fraction of sp³-hybridized carbons (Fsp3) is 0.211. The topological polar surface area (TPSA) is 0 Å². The van der Waals surface area contributed by atoms with E-state index in [0.717, 1.165) is 5.56 Å². The Kier molecular flexibility index (Phi) is 2.38. The summed E-state index contributed by atoms with van der Waals surface area (Å²) >= 11 is 0. The van der Waals surface area contributed by atoms with Gasteiger partial charge >= 0.3 is 0 Å². The molecule has 0 aliphatic heterocycles. The van der Waals surface area contributed by atoms with Gasteiger partial charge in [-0.3, -0.25) is 0 Å². The van der Waals surface area contributed by atoms with Gasteiger partial charge in [0, 0.05) is 0 Å². The molecule has 0 saturated carbocycles. The quantitative estimate of drug-likeness (QED) is 0.486. The lowest BCUT2D eigenvalue weighted by Gasteiger charge is -2.19. The molecule has 0 amide bonds. The Bertz CT molecular complexity index is 781. The molecular weight excluding hydrogens is 228 g/mol. The van der Waals surface area contributed by atoms with Gasteiger partial charge in [0.2, 0.25) is 0 Å². The average molecular weight is 245 g/mol. The van der Waals surface area contributed by atoms with Crippen LogP contribution < -0.4 is 0 Å². The Balaban J connectivity index is 2.18. The van der Waals surface area contributed by atoms with E-state index in [1.54, 1.807) is 11.1 Å². The van der Waals surface area contributed by atoms with E-state index < -0.39 is 0 Å². The summed E-state index contributed by atoms with van der Waals surface area (Å²) in [5.74, 6) is 0. The first-order valence-electron chi connectivity index (χ1n) is 7.13. The van der Waals surface area contributed by atoms with Crippen LogP contribution in [0.15, 0.2) is 42.5 Å². The predicted octanol–water partition coefficient (Wildman–Crippen LogP) is 5.05. The van der Waals surface area contributed by atoms with E-state index in [2.05, 4.69) is 49.4 Å². The van der Waals surface area contributed by atoms with Crippen LogP contribution in [0.25, 0.3) is 21.5 Å². The van der Waals surface area contributed by atoms with Crippen molar-refractivity contribution in [1.29, 1.82) is 0 Å². The molecule has 0 fully saturated rings. The van der Waals surface area contributed by atoms with Gasteiger partial charge in [-0.1, -0.05) is 42.5 Å². The first-order chi connectivity index (χ1) is 9.34. The van der Waals surface area contributed by atoms with E-state index >= 15 is 0 Å². The van der Waals surface area contributed by atoms with Crippen LogP contribution in [0.1, 0.15) is 29.5 Å². The van der Waals surface area contributed by atoms with Crippen molar-refractivity contribution >= 4 is 21.5 Å². The standard InChI is InChI=1S/C19H17/c1-13-5-4-7-15-10-11-17-16-8-3-2-6-14(16)9-12-18(17)19(13)15/h4-5,7,9-12H,1-3,6,8H2. The highest BCUT2D eigenvalue weighted by Gasteiger charge is 2.13. The Morgan fingerprint density at radius 2 is 1.63 bits per heavy atom. The molecule has 19 heavy (non-hydrogen) atoms. The Hall–Kier alpha value is -1.82. The highest BCUT2D eigenvalue weighted by molar-refractivity contribution is 6.10. The molecule has 0 heterocycles. The highest BCUT2D eigenvalue weighted by Crippen LogP contribution is 2.34. The van der Waals surface area contributed by atoms with Crippen molar-refractivity contribution in [2.24, 2.45) is 0 Å². The summed E-state index contributed by atoms with van der Waals surface area (Å²) in [4.78, 5) is 0. The Labute approximate surface area is 114 Å². The summed E-state index contributed by atoms with van der Waals surface area (Å²) in [7, 11) is 0. The fourth-order valence-corrected chi connectivity index (χ4v) is 3.53. The van der Waals surface area contributed by atoms with Gasteiger partial charge in [-0.25, -0.2) is 0 Å². The van der Waals surface area contributed by atoms with Crippen LogP contribution in [-0.2, 0) is 12.8 Å². The van der Waals surface area contributed by atoms with Gasteiger partial charge in [0.25, 0.3) is 0 Å². The minimum absolute atomic E-state index is 1.14. The average Bonchev–Trinajstić information content (AvgIpc) is 2.46. The molecule has 3 aromatic rings. The molecule has 1 radical (unpaired) electrons. The van der Waals surface area contributed by atoms with E-state index in [9.17, 15) is 0 Å². The maximum absolute atomic E-state index is 4.21. The molecule has 0 heteroatoms. The van der Waals surface area contributed by atoms with Crippen molar-refractivity contribution in [2.75, 3.05) is 0 Å². The molecule has 4 rings (SSSR count). The largest absolute Gasteiger partial charge is 0.0614 e. The molecule has 93 valence electrons. The highest BCUT2D eigenvalue weighted by atomic mass is 14.2. The van der Waals surface area contributed by atoms with Gasteiger partial charge in [-0.2, -0.15) is 0 Å². The molecule has 1 aliphatic carbocycles. The summed E-state index contributed by atoms with van der Waals surface area (Å²) in [6, 6.07) is 15.6. The van der Waals surface area contributed by atoms with Crippen LogP contribution in [0.3, 0.4) is 0 Å². The van der Waals surface area contributed by atoms with Crippen molar-refractivity contribution in [3.63, 3.8) is 0 Å². The van der Waals surface area contributed by atoms with Crippen LogP contribution >= 0.6 is 0 Å². The van der Waals surface area contributed by atoms with E-state index in [1.165, 1.54) is 47.2 Å². The molecular formula is C19H17. The minimum Gasteiger partial charge on any atom is -0.0614 e. The third kappa shape index (κ3) is 1.59. The second kappa shape index (κ2) is 4.09. The second-order valence-corrected chi connectivity index (χ2v) is 5.59. The van der Waals surface area contributed by atoms with Crippen LogP contribution in [0.2, 0.25) is 0 Å². The zero-order chi connectivity index (χ0) is 12.8. The lowest BCUT2D eigenvalue weighted by Crippen LogP contribution is -2.03. The van der Waals surface area contributed by atoms with Crippen LogP contribution in [-0.4, -0.2) is 0 Å². The summed E-state index contributed by atoms with van der Waals surface area (Å²) in [6.45, 7) is 4.21.